The zero-order valence-electron chi connectivity index (χ0n) is 17.5. The molecule has 6 atom stereocenters. The first kappa shape index (κ1) is 19.6. The molecule has 1 unspecified atom stereocenters. The van der Waals surface area contributed by atoms with Gasteiger partial charge in [-0.15, -0.1) is 12.2 Å². The number of halogens is 1. The minimum absolute atomic E-state index is 0.00298. The summed E-state index contributed by atoms with van der Waals surface area (Å²) in [5.74, 6) is 1.81. The molecule has 0 aromatic heterocycles. The second-order valence-electron chi connectivity index (χ2n) is 9.32. The third-order valence-electron chi connectivity index (χ3n) is 7.65. The molecule has 3 nitrogen and oxygen atoms in total. The molecule has 0 radical (unpaired) electrons. The Morgan fingerprint density at radius 2 is 2.07 bits per heavy atom. The van der Waals surface area contributed by atoms with Crippen molar-refractivity contribution in [2.75, 3.05) is 6.54 Å². The van der Waals surface area contributed by atoms with E-state index in [-0.39, 0.29) is 29.7 Å². The molecule has 2 heterocycles. The number of esters is 1. The molecule has 5 rings (SSSR count). The minimum Gasteiger partial charge on any atom is -0.681 e. The average Bonchev–Trinajstić information content (AvgIpc) is 3.05. The van der Waals surface area contributed by atoms with E-state index in [1.54, 1.807) is 12.1 Å². The van der Waals surface area contributed by atoms with Crippen LogP contribution in [-0.4, -0.2) is 18.6 Å². The van der Waals surface area contributed by atoms with E-state index in [4.69, 9.17) is 10.1 Å². The van der Waals surface area contributed by atoms with Crippen LogP contribution in [-0.2, 0) is 9.53 Å². The Hall–Kier alpha value is -2.36. The number of hydrogen-bond donors (Lipinski definition) is 0. The van der Waals surface area contributed by atoms with E-state index in [9.17, 15) is 9.18 Å². The van der Waals surface area contributed by atoms with Gasteiger partial charge < -0.3 is 10.1 Å². The van der Waals surface area contributed by atoms with Crippen LogP contribution in [0.5, 0.6) is 0 Å². The summed E-state index contributed by atoms with van der Waals surface area (Å²) >= 11 is 0. The van der Waals surface area contributed by atoms with Crippen molar-refractivity contribution in [1.29, 1.82) is 0 Å². The second kappa shape index (κ2) is 8.05. The first-order valence-electron chi connectivity index (χ1n) is 11.3. The summed E-state index contributed by atoms with van der Waals surface area (Å²) in [7, 11) is 0. The van der Waals surface area contributed by atoms with Crippen LogP contribution in [0.2, 0.25) is 0 Å². The lowest BCUT2D eigenvalue weighted by atomic mass is 9.57. The number of benzene rings is 1. The molecule has 2 aliphatic carbocycles. The van der Waals surface area contributed by atoms with Crippen molar-refractivity contribution < 1.29 is 13.9 Å². The molecule has 0 N–H and O–H groups in total. The van der Waals surface area contributed by atoms with Gasteiger partial charge in [0.2, 0.25) is 0 Å². The lowest BCUT2D eigenvalue weighted by Crippen LogP contribution is -2.42. The largest absolute Gasteiger partial charge is 0.681 e. The average molecular weight is 407 g/mol. The highest BCUT2D eigenvalue weighted by Crippen LogP contribution is 2.53. The normalized spacial score (nSPS) is 35.7. The highest BCUT2D eigenvalue weighted by Gasteiger charge is 2.53. The van der Waals surface area contributed by atoms with E-state index in [0.29, 0.717) is 24.3 Å². The number of allylic oxidation sites excluding steroid dienone is 4. The standard InChI is InChI=1S/C26H29FNO2/c1-16-25-23(22-8-3-2-5-18(22)14-24(25)26(29)30-16)12-11-21-10-9-19(15-28-21)17-6-4-7-20(27)13-17/h4,6-7,9-13,16,18,22-25H,2-3,5,8,14-15H2,1H3/q-1/b12-11+/t16-,18+,22-,23+,24?,25+/m1/s1. The predicted molar refractivity (Wildman–Crippen MR) is 116 cm³/mol. The van der Waals surface area contributed by atoms with Crippen molar-refractivity contribution in [3.8, 4) is 0 Å². The third kappa shape index (κ3) is 3.61. The van der Waals surface area contributed by atoms with Crippen LogP contribution in [0.25, 0.3) is 10.9 Å². The molecule has 3 fully saturated rings. The van der Waals surface area contributed by atoms with Crippen LogP contribution >= 0.6 is 0 Å². The highest BCUT2D eigenvalue weighted by atomic mass is 19.1. The quantitative estimate of drug-likeness (QED) is 0.574. The molecule has 0 bridgehead atoms. The van der Waals surface area contributed by atoms with Gasteiger partial charge in [0.1, 0.15) is 11.9 Å². The summed E-state index contributed by atoms with van der Waals surface area (Å²) in [6.07, 6.45) is 14.6. The lowest BCUT2D eigenvalue weighted by Gasteiger charge is -2.46. The number of hydrogen-bond acceptors (Lipinski definition) is 2. The maximum absolute atomic E-state index is 13.5. The number of cyclic esters (lactones) is 1. The van der Waals surface area contributed by atoms with Gasteiger partial charge in [0.25, 0.3) is 0 Å². The second-order valence-corrected chi connectivity index (χ2v) is 9.32. The van der Waals surface area contributed by atoms with Crippen molar-refractivity contribution in [2.24, 2.45) is 29.6 Å². The fraction of sp³-hybridized carbons (Fsp3) is 0.500. The number of nitrogens with zero attached hydrogens (tertiary/aromatic N) is 1. The summed E-state index contributed by atoms with van der Waals surface area (Å²) in [4.78, 5) is 12.4. The van der Waals surface area contributed by atoms with Crippen molar-refractivity contribution in [3.05, 3.63) is 71.0 Å². The number of carbonyl (C=O) groups excluding carboxylic acids is 1. The molecule has 4 aliphatic rings. The fourth-order valence-electron chi connectivity index (χ4n) is 6.25. The summed E-state index contributed by atoms with van der Waals surface area (Å²) in [6.45, 7) is 2.62. The van der Waals surface area contributed by atoms with Crippen LogP contribution in [0.3, 0.4) is 0 Å². The molecule has 2 saturated carbocycles. The lowest BCUT2D eigenvalue weighted by molar-refractivity contribution is -0.144. The zero-order chi connectivity index (χ0) is 20.7. The molecule has 2 aliphatic heterocycles. The van der Waals surface area contributed by atoms with E-state index in [1.165, 1.54) is 31.7 Å². The van der Waals surface area contributed by atoms with Crippen molar-refractivity contribution >= 4 is 11.5 Å². The predicted octanol–water partition coefficient (Wildman–Crippen LogP) is 6.04. The molecule has 0 amide bonds. The zero-order valence-corrected chi connectivity index (χ0v) is 17.5. The van der Waals surface area contributed by atoms with E-state index >= 15 is 0 Å². The molecule has 1 saturated heterocycles. The molecular weight excluding hydrogens is 377 g/mol. The van der Waals surface area contributed by atoms with Crippen molar-refractivity contribution in [1.82, 2.24) is 0 Å². The Balaban J connectivity index is 1.37. The van der Waals surface area contributed by atoms with E-state index in [0.717, 1.165) is 23.3 Å². The Morgan fingerprint density at radius 1 is 1.20 bits per heavy atom. The van der Waals surface area contributed by atoms with Crippen LogP contribution in [0.15, 0.2) is 54.3 Å². The third-order valence-corrected chi connectivity index (χ3v) is 7.65. The van der Waals surface area contributed by atoms with Crippen LogP contribution in [0.1, 0.15) is 44.6 Å². The summed E-state index contributed by atoms with van der Waals surface area (Å²) in [5.41, 5.74) is 2.86. The molecule has 4 heteroatoms. The Kier molecular flexibility index (Phi) is 5.26. The molecule has 1 aromatic carbocycles. The highest BCUT2D eigenvalue weighted by molar-refractivity contribution is 5.76. The van der Waals surface area contributed by atoms with E-state index < -0.39 is 0 Å². The number of ether oxygens (including phenoxy) is 1. The summed E-state index contributed by atoms with van der Waals surface area (Å²) in [6, 6.07) is 6.67. The Morgan fingerprint density at radius 3 is 2.87 bits per heavy atom. The van der Waals surface area contributed by atoms with E-state index in [1.807, 2.05) is 18.2 Å². The fourth-order valence-corrected chi connectivity index (χ4v) is 6.25. The van der Waals surface area contributed by atoms with Gasteiger partial charge in [-0.3, -0.25) is 4.79 Å². The van der Waals surface area contributed by atoms with E-state index in [2.05, 4.69) is 19.1 Å². The topological polar surface area (TPSA) is 40.4 Å². The maximum Gasteiger partial charge on any atom is 0.309 e. The number of fused-ring (bicyclic) bond motifs is 2. The molecule has 158 valence electrons. The van der Waals surface area contributed by atoms with Gasteiger partial charge in [0.05, 0.1) is 5.92 Å². The molecule has 0 spiro atoms. The molecule has 30 heavy (non-hydrogen) atoms. The number of carbonyl (C=O) groups is 1. The van der Waals surface area contributed by atoms with Gasteiger partial charge in [0.15, 0.2) is 0 Å². The minimum atomic E-state index is -0.223. The van der Waals surface area contributed by atoms with Gasteiger partial charge in [-0.1, -0.05) is 61.3 Å². The van der Waals surface area contributed by atoms with Crippen LogP contribution < -0.4 is 0 Å². The molecular formula is C26H29FNO2-. The van der Waals surface area contributed by atoms with Gasteiger partial charge in [-0.2, -0.15) is 0 Å². The first-order valence-corrected chi connectivity index (χ1v) is 11.3. The van der Waals surface area contributed by atoms with Gasteiger partial charge in [-0.25, -0.2) is 4.39 Å². The van der Waals surface area contributed by atoms with Gasteiger partial charge >= 0.3 is 5.97 Å². The van der Waals surface area contributed by atoms with Crippen molar-refractivity contribution in [3.63, 3.8) is 0 Å². The smallest absolute Gasteiger partial charge is 0.309 e. The Labute approximate surface area is 178 Å². The number of rotatable bonds is 3. The Bertz CT molecular complexity index is 917. The first-order chi connectivity index (χ1) is 14.6. The SMILES string of the molecule is C[C@H]1OC(=O)C2C[C@@H]3CCCC[C@H]3[C@H](/C=C/C3=CC=C(c4cccc(F)c4)C[N-]3)[C@@H]21. The van der Waals surface area contributed by atoms with Crippen LogP contribution in [0.4, 0.5) is 4.39 Å². The van der Waals surface area contributed by atoms with Crippen molar-refractivity contribution in [2.45, 2.75) is 45.1 Å². The summed E-state index contributed by atoms with van der Waals surface area (Å²) < 4.78 is 19.2. The van der Waals surface area contributed by atoms with Gasteiger partial charge in [0, 0.05) is 5.92 Å². The van der Waals surface area contributed by atoms with Gasteiger partial charge in [-0.05, 0) is 55.2 Å². The van der Waals surface area contributed by atoms with Crippen LogP contribution in [0, 0.1) is 35.4 Å². The monoisotopic (exact) mass is 406 g/mol. The summed E-state index contributed by atoms with van der Waals surface area (Å²) in [5, 5.41) is 4.71. The maximum atomic E-state index is 13.5. The molecule has 1 aromatic rings.